The number of aliphatic hydroxyl groups is 3. The first-order valence-electron chi connectivity index (χ1n) is 3.73. The van der Waals surface area contributed by atoms with Crippen LogP contribution in [0.4, 0.5) is 0 Å². The third-order valence-electron chi connectivity index (χ3n) is 2.28. The van der Waals surface area contributed by atoms with Crippen LogP contribution in [0.25, 0.3) is 0 Å². The van der Waals surface area contributed by atoms with Gasteiger partial charge >= 0.3 is 0 Å². The molecule has 4 unspecified atom stereocenters. The molecule has 1 heterocycles. The molecule has 1 rings (SSSR count). The molecule has 0 radical (unpaired) electrons. The van der Waals surface area contributed by atoms with E-state index in [-0.39, 0.29) is 12.0 Å². The van der Waals surface area contributed by atoms with Crippen molar-refractivity contribution < 1.29 is 20.1 Å². The van der Waals surface area contributed by atoms with Crippen LogP contribution in [0.2, 0.25) is 0 Å². The molecule has 5 atom stereocenters. The molecule has 0 amide bonds. The average Bonchev–Trinajstić information content (AvgIpc) is 1.97. The van der Waals surface area contributed by atoms with Crippen molar-refractivity contribution in [2.24, 2.45) is 5.92 Å². The second-order valence-corrected chi connectivity index (χ2v) is 3.07. The van der Waals surface area contributed by atoms with Crippen molar-refractivity contribution >= 4 is 0 Å². The quantitative estimate of drug-likeness (QED) is 0.431. The zero-order valence-electron chi connectivity index (χ0n) is 6.64. The van der Waals surface area contributed by atoms with E-state index >= 15 is 0 Å². The van der Waals surface area contributed by atoms with Crippen molar-refractivity contribution in [2.75, 3.05) is 0 Å². The van der Waals surface area contributed by atoms with Crippen LogP contribution in [0, 0.1) is 5.92 Å². The van der Waals surface area contributed by atoms with Crippen LogP contribution in [0.5, 0.6) is 0 Å². The van der Waals surface area contributed by atoms with E-state index in [4.69, 9.17) is 14.9 Å². The van der Waals surface area contributed by atoms with Gasteiger partial charge in [-0.2, -0.15) is 0 Å². The van der Waals surface area contributed by atoms with Crippen LogP contribution in [0.1, 0.15) is 13.8 Å². The SMILES string of the molecule is CC1OC(O)C(O)C(O)[C@H]1C. The number of hydrogen-bond acceptors (Lipinski definition) is 4. The molecule has 11 heavy (non-hydrogen) atoms. The van der Waals surface area contributed by atoms with E-state index in [0.29, 0.717) is 0 Å². The Balaban J connectivity index is 2.63. The van der Waals surface area contributed by atoms with Crippen LogP contribution >= 0.6 is 0 Å². The van der Waals surface area contributed by atoms with Gasteiger partial charge in [0, 0.05) is 5.92 Å². The zero-order valence-corrected chi connectivity index (χ0v) is 6.64. The van der Waals surface area contributed by atoms with E-state index in [1.807, 2.05) is 0 Å². The maximum atomic E-state index is 9.30. The summed E-state index contributed by atoms with van der Waals surface area (Å²) in [7, 11) is 0. The summed E-state index contributed by atoms with van der Waals surface area (Å²) in [5.41, 5.74) is 0. The van der Waals surface area contributed by atoms with Gasteiger partial charge in [0.1, 0.15) is 6.10 Å². The van der Waals surface area contributed by atoms with E-state index in [2.05, 4.69) is 0 Å². The van der Waals surface area contributed by atoms with Gasteiger partial charge in [-0.1, -0.05) is 6.92 Å². The lowest BCUT2D eigenvalue weighted by Gasteiger charge is -2.37. The number of aliphatic hydroxyl groups excluding tert-OH is 3. The molecule has 4 heteroatoms. The topological polar surface area (TPSA) is 69.9 Å². The molecular weight excluding hydrogens is 148 g/mol. The van der Waals surface area contributed by atoms with Crippen molar-refractivity contribution in [3.8, 4) is 0 Å². The highest BCUT2D eigenvalue weighted by Gasteiger charge is 2.39. The van der Waals surface area contributed by atoms with Crippen molar-refractivity contribution in [3.63, 3.8) is 0 Å². The minimum Gasteiger partial charge on any atom is -0.390 e. The third kappa shape index (κ3) is 1.54. The molecule has 66 valence electrons. The van der Waals surface area contributed by atoms with E-state index in [9.17, 15) is 5.11 Å². The van der Waals surface area contributed by atoms with Gasteiger partial charge in [-0.3, -0.25) is 0 Å². The second-order valence-electron chi connectivity index (χ2n) is 3.07. The normalized spacial score (nSPS) is 52.6. The maximum absolute atomic E-state index is 9.30. The van der Waals surface area contributed by atoms with Crippen LogP contribution in [0.15, 0.2) is 0 Å². The highest BCUT2D eigenvalue weighted by atomic mass is 16.6. The first-order chi connectivity index (χ1) is 5.04. The minimum absolute atomic E-state index is 0.145. The van der Waals surface area contributed by atoms with Gasteiger partial charge in [-0.05, 0) is 6.92 Å². The van der Waals surface area contributed by atoms with Gasteiger partial charge in [0.2, 0.25) is 0 Å². The largest absolute Gasteiger partial charge is 0.390 e. The average molecular weight is 162 g/mol. The fourth-order valence-electron chi connectivity index (χ4n) is 1.18. The van der Waals surface area contributed by atoms with Crippen LogP contribution in [-0.4, -0.2) is 39.9 Å². The summed E-state index contributed by atoms with van der Waals surface area (Å²) in [4.78, 5) is 0. The molecule has 0 bridgehead atoms. The molecular formula is C7H14O4. The van der Waals surface area contributed by atoms with E-state index in [0.717, 1.165) is 0 Å². The molecule has 4 nitrogen and oxygen atoms in total. The Labute approximate surface area is 65.4 Å². The van der Waals surface area contributed by atoms with E-state index in [1.54, 1.807) is 13.8 Å². The summed E-state index contributed by atoms with van der Waals surface area (Å²) >= 11 is 0. The Morgan fingerprint density at radius 3 is 2.09 bits per heavy atom. The van der Waals surface area contributed by atoms with E-state index < -0.39 is 18.5 Å². The first kappa shape index (κ1) is 8.93. The zero-order chi connectivity index (χ0) is 8.59. The highest BCUT2D eigenvalue weighted by molar-refractivity contribution is 4.83. The summed E-state index contributed by atoms with van der Waals surface area (Å²) in [6, 6.07) is 0. The lowest BCUT2D eigenvalue weighted by molar-refractivity contribution is -0.261. The van der Waals surface area contributed by atoms with Crippen molar-refractivity contribution in [1.82, 2.24) is 0 Å². The standard InChI is InChI=1S/C7H14O4/c1-3-4(2)11-7(10)6(9)5(3)8/h3-10H,1-2H3/t3-,4?,5?,6?,7?/m0/s1. The lowest BCUT2D eigenvalue weighted by Crippen LogP contribution is -2.52. The van der Waals surface area contributed by atoms with Crippen LogP contribution < -0.4 is 0 Å². The molecule has 0 aromatic heterocycles. The van der Waals surface area contributed by atoms with Crippen molar-refractivity contribution in [1.29, 1.82) is 0 Å². The van der Waals surface area contributed by atoms with Gasteiger partial charge in [0.05, 0.1) is 12.2 Å². The number of hydrogen-bond donors (Lipinski definition) is 3. The fraction of sp³-hybridized carbons (Fsp3) is 1.00. The maximum Gasteiger partial charge on any atom is 0.183 e. The summed E-state index contributed by atoms with van der Waals surface area (Å²) in [5, 5.41) is 27.4. The molecule has 0 aliphatic carbocycles. The van der Waals surface area contributed by atoms with Gasteiger partial charge < -0.3 is 20.1 Å². The molecule has 0 saturated carbocycles. The molecule has 0 aromatic carbocycles. The Hall–Kier alpha value is -0.160. The Morgan fingerprint density at radius 1 is 1.00 bits per heavy atom. The molecule has 3 N–H and O–H groups in total. The molecule has 0 aromatic rings. The first-order valence-corrected chi connectivity index (χ1v) is 3.73. The summed E-state index contributed by atoms with van der Waals surface area (Å²) < 4.78 is 4.93. The summed E-state index contributed by atoms with van der Waals surface area (Å²) in [6.07, 6.45) is -3.55. The fourth-order valence-corrected chi connectivity index (χ4v) is 1.18. The minimum atomic E-state index is -1.25. The molecule has 0 spiro atoms. The highest BCUT2D eigenvalue weighted by Crippen LogP contribution is 2.23. The van der Waals surface area contributed by atoms with Gasteiger partial charge in [-0.25, -0.2) is 0 Å². The van der Waals surface area contributed by atoms with Crippen molar-refractivity contribution in [3.05, 3.63) is 0 Å². The second kappa shape index (κ2) is 3.06. The van der Waals surface area contributed by atoms with Gasteiger partial charge in [0.15, 0.2) is 6.29 Å². The lowest BCUT2D eigenvalue weighted by atomic mass is 9.92. The Kier molecular flexibility index (Phi) is 2.49. The molecule has 1 fully saturated rings. The smallest absolute Gasteiger partial charge is 0.183 e. The molecule has 1 aliphatic heterocycles. The molecule has 1 saturated heterocycles. The van der Waals surface area contributed by atoms with Gasteiger partial charge in [0.25, 0.3) is 0 Å². The third-order valence-corrected chi connectivity index (χ3v) is 2.28. The Bertz CT molecular complexity index is 124. The number of rotatable bonds is 0. The number of ether oxygens (including phenoxy) is 1. The van der Waals surface area contributed by atoms with Crippen molar-refractivity contribution in [2.45, 2.75) is 38.4 Å². The predicted octanol–water partition coefficient (Wildman–Crippen LogP) is -0.919. The predicted molar refractivity (Wildman–Crippen MR) is 37.7 cm³/mol. The Morgan fingerprint density at radius 2 is 1.55 bits per heavy atom. The summed E-state index contributed by atoms with van der Waals surface area (Å²) in [6.45, 7) is 3.52. The van der Waals surface area contributed by atoms with E-state index in [1.165, 1.54) is 0 Å². The molecule has 1 aliphatic rings. The van der Waals surface area contributed by atoms with Crippen LogP contribution in [0.3, 0.4) is 0 Å². The van der Waals surface area contributed by atoms with Gasteiger partial charge in [-0.15, -0.1) is 0 Å². The van der Waals surface area contributed by atoms with Crippen LogP contribution in [-0.2, 0) is 4.74 Å². The monoisotopic (exact) mass is 162 g/mol. The summed E-state index contributed by atoms with van der Waals surface area (Å²) in [5.74, 6) is -0.145.